The lowest BCUT2D eigenvalue weighted by atomic mass is 9.86. The van der Waals surface area contributed by atoms with E-state index in [4.69, 9.17) is 9.84 Å². The van der Waals surface area contributed by atoms with Crippen LogP contribution in [0.2, 0.25) is 0 Å². The first-order chi connectivity index (χ1) is 9.69. The molecule has 4 nitrogen and oxygen atoms in total. The second-order valence-corrected chi connectivity index (χ2v) is 5.48. The predicted molar refractivity (Wildman–Crippen MR) is 77.5 cm³/mol. The first-order valence-corrected chi connectivity index (χ1v) is 7.32. The molecule has 1 fully saturated rings. The van der Waals surface area contributed by atoms with E-state index in [0.29, 0.717) is 11.7 Å². The third-order valence-corrected chi connectivity index (χ3v) is 3.88. The number of benzene rings is 1. The number of rotatable bonds is 5. The van der Waals surface area contributed by atoms with Crippen molar-refractivity contribution in [2.75, 3.05) is 6.61 Å². The summed E-state index contributed by atoms with van der Waals surface area (Å²) in [6.45, 7) is 2.02. The summed E-state index contributed by atoms with van der Waals surface area (Å²) in [6, 6.07) is 9.59. The average molecular weight is 277 g/mol. The van der Waals surface area contributed by atoms with Crippen LogP contribution in [0.1, 0.15) is 32.6 Å². The van der Waals surface area contributed by atoms with E-state index >= 15 is 0 Å². The van der Waals surface area contributed by atoms with E-state index in [-0.39, 0.29) is 18.6 Å². The van der Waals surface area contributed by atoms with Gasteiger partial charge < -0.3 is 15.2 Å². The molecule has 0 radical (unpaired) electrons. The Morgan fingerprint density at radius 1 is 1.30 bits per heavy atom. The summed E-state index contributed by atoms with van der Waals surface area (Å²) in [5.41, 5.74) is 0. The molecule has 0 saturated heterocycles. The fourth-order valence-corrected chi connectivity index (χ4v) is 2.56. The van der Waals surface area contributed by atoms with Crippen molar-refractivity contribution in [2.45, 2.75) is 44.8 Å². The van der Waals surface area contributed by atoms with E-state index in [1.54, 1.807) is 6.92 Å². The molecule has 0 aliphatic heterocycles. The van der Waals surface area contributed by atoms with Crippen LogP contribution in [0.3, 0.4) is 0 Å². The van der Waals surface area contributed by atoms with Gasteiger partial charge in [-0.2, -0.15) is 0 Å². The van der Waals surface area contributed by atoms with Crippen molar-refractivity contribution in [1.82, 2.24) is 5.32 Å². The SMILES string of the molecule is CC(Oc1ccccc1)C(=O)NC1CCC(CO)CC1. The molecule has 110 valence electrons. The van der Waals surface area contributed by atoms with Gasteiger partial charge in [-0.3, -0.25) is 4.79 Å². The Morgan fingerprint density at radius 3 is 2.55 bits per heavy atom. The van der Waals surface area contributed by atoms with Crippen LogP contribution in [0.4, 0.5) is 0 Å². The molecule has 2 N–H and O–H groups in total. The molecule has 1 atom stereocenters. The highest BCUT2D eigenvalue weighted by Crippen LogP contribution is 2.23. The van der Waals surface area contributed by atoms with Gasteiger partial charge in [-0.1, -0.05) is 18.2 Å². The minimum Gasteiger partial charge on any atom is -0.481 e. The van der Waals surface area contributed by atoms with Crippen LogP contribution in [0.15, 0.2) is 30.3 Å². The van der Waals surface area contributed by atoms with E-state index in [2.05, 4.69) is 5.32 Å². The van der Waals surface area contributed by atoms with Crippen LogP contribution in [-0.2, 0) is 4.79 Å². The Bertz CT molecular complexity index is 413. The largest absolute Gasteiger partial charge is 0.481 e. The van der Waals surface area contributed by atoms with E-state index in [1.807, 2.05) is 30.3 Å². The van der Waals surface area contributed by atoms with E-state index in [0.717, 1.165) is 25.7 Å². The summed E-state index contributed by atoms with van der Waals surface area (Å²) < 4.78 is 5.61. The molecule has 20 heavy (non-hydrogen) atoms. The van der Waals surface area contributed by atoms with Crippen LogP contribution in [0.5, 0.6) is 5.75 Å². The second-order valence-electron chi connectivity index (χ2n) is 5.48. The van der Waals surface area contributed by atoms with Crippen molar-refractivity contribution in [3.8, 4) is 5.75 Å². The Hall–Kier alpha value is -1.55. The molecular weight excluding hydrogens is 254 g/mol. The first kappa shape index (κ1) is 14.9. The number of aliphatic hydroxyl groups excluding tert-OH is 1. The average Bonchev–Trinajstić information content (AvgIpc) is 2.49. The van der Waals surface area contributed by atoms with Crippen LogP contribution < -0.4 is 10.1 Å². The minimum atomic E-state index is -0.493. The molecule has 1 aliphatic rings. The lowest BCUT2D eigenvalue weighted by Gasteiger charge is -2.28. The molecule has 1 aromatic rings. The molecule has 0 aromatic heterocycles. The zero-order valence-electron chi connectivity index (χ0n) is 11.9. The van der Waals surface area contributed by atoms with E-state index in [9.17, 15) is 4.79 Å². The molecule has 4 heteroatoms. The van der Waals surface area contributed by atoms with Crippen LogP contribution in [0, 0.1) is 5.92 Å². The smallest absolute Gasteiger partial charge is 0.260 e. The van der Waals surface area contributed by atoms with E-state index < -0.39 is 6.10 Å². The molecule has 1 unspecified atom stereocenters. The predicted octanol–water partition coefficient (Wildman–Crippen LogP) is 2.12. The maximum atomic E-state index is 12.1. The van der Waals surface area contributed by atoms with Crippen LogP contribution in [-0.4, -0.2) is 29.8 Å². The van der Waals surface area contributed by atoms with Gasteiger partial charge in [-0.15, -0.1) is 0 Å². The maximum absolute atomic E-state index is 12.1. The molecule has 1 saturated carbocycles. The number of para-hydroxylation sites is 1. The van der Waals surface area contributed by atoms with Gasteiger partial charge in [0.05, 0.1) is 0 Å². The number of ether oxygens (including phenoxy) is 1. The lowest BCUT2D eigenvalue weighted by molar-refractivity contribution is -0.128. The highest BCUT2D eigenvalue weighted by molar-refractivity contribution is 5.81. The number of carbonyl (C=O) groups is 1. The third kappa shape index (κ3) is 4.23. The van der Waals surface area contributed by atoms with Crippen molar-refractivity contribution in [2.24, 2.45) is 5.92 Å². The van der Waals surface area contributed by atoms with Gasteiger partial charge in [0.2, 0.25) is 0 Å². The summed E-state index contributed by atoms with van der Waals surface area (Å²) in [5.74, 6) is 1.04. The van der Waals surface area contributed by atoms with Crippen molar-refractivity contribution < 1.29 is 14.6 Å². The van der Waals surface area contributed by atoms with Crippen molar-refractivity contribution in [1.29, 1.82) is 0 Å². The molecule has 2 rings (SSSR count). The zero-order valence-corrected chi connectivity index (χ0v) is 11.9. The van der Waals surface area contributed by atoms with Crippen molar-refractivity contribution in [3.63, 3.8) is 0 Å². The third-order valence-electron chi connectivity index (χ3n) is 3.88. The highest BCUT2D eigenvalue weighted by Gasteiger charge is 2.24. The van der Waals surface area contributed by atoms with Crippen molar-refractivity contribution >= 4 is 5.91 Å². The standard InChI is InChI=1S/C16H23NO3/c1-12(20-15-5-3-2-4-6-15)16(19)17-14-9-7-13(11-18)8-10-14/h2-6,12-14,18H,7-11H2,1H3,(H,17,19). The first-order valence-electron chi connectivity index (χ1n) is 7.32. The number of carbonyl (C=O) groups excluding carboxylic acids is 1. The number of hydrogen-bond acceptors (Lipinski definition) is 3. The number of aliphatic hydroxyl groups is 1. The fourth-order valence-electron chi connectivity index (χ4n) is 2.56. The Labute approximate surface area is 120 Å². The topological polar surface area (TPSA) is 58.6 Å². The maximum Gasteiger partial charge on any atom is 0.260 e. The molecule has 0 bridgehead atoms. The molecule has 1 aromatic carbocycles. The van der Waals surface area contributed by atoms with Gasteiger partial charge in [-0.25, -0.2) is 0 Å². The molecule has 1 amide bonds. The lowest BCUT2D eigenvalue weighted by Crippen LogP contribution is -2.44. The van der Waals surface area contributed by atoms with Gasteiger partial charge >= 0.3 is 0 Å². The minimum absolute atomic E-state index is 0.0682. The van der Waals surface area contributed by atoms with Gasteiger partial charge in [0.15, 0.2) is 6.10 Å². The monoisotopic (exact) mass is 277 g/mol. The molecule has 1 aliphatic carbocycles. The number of nitrogens with one attached hydrogen (secondary N) is 1. The fraction of sp³-hybridized carbons (Fsp3) is 0.562. The summed E-state index contributed by atoms with van der Waals surface area (Å²) in [4.78, 5) is 12.1. The van der Waals surface area contributed by atoms with E-state index in [1.165, 1.54) is 0 Å². The number of amides is 1. The number of hydrogen-bond donors (Lipinski definition) is 2. The highest BCUT2D eigenvalue weighted by atomic mass is 16.5. The van der Waals surface area contributed by atoms with Gasteiger partial charge in [0.1, 0.15) is 5.75 Å². The van der Waals surface area contributed by atoms with Gasteiger partial charge in [0, 0.05) is 12.6 Å². The van der Waals surface area contributed by atoms with Crippen LogP contribution in [0.25, 0.3) is 0 Å². The Balaban J connectivity index is 1.77. The normalized spacial score (nSPS) is 23.9. The van der Waals surface area contributed by atoms with Crippen molar-refractivity contribution in [3.05, 3.63) is 30.3 Å². The summed E-state index contributed by atoms with van der Waals surface area (Å²) >= 11 is 0. The summed E-state index contributed by atoms with van der Waals surface area (Å²) in [6.07, 6.45) is 3.35. The summed E-state index contributed by atoms with van der Waals surface area (Å²) in [5, 5.41) is 12.1. The van der Waals surface area contributed by atoms with Gasteiger partial charge in [-0.05, 0) is 50.7 Å². The van der Waals surface area contributed by atoms with Gasteiger partial charge in [0.25, 0.3) is 5.91 Å². The quantitative estimate of drug-likeness (QED) is 0.866. The second kappa shape index (κ2) is 7.29. The van der Waals surface area contributed by atoms with Crippen LogP contribution >= 0.6 is 0 Å². The summed E-state index contributed by atoms with van der Waals surface area (Å²) in [7, 11) is 0. The molecule has 0 spiro atoms. The molecular formula is C16H23NO3. The zero-order chi connectivity index (χ0) is 14.4. The Kier molecular flexibility index (Phi) is 5.41. The Morgan fingerprint density at radius 2 is 1.95 bits per heavy atom. The molecule has 0 heterocycles.